The summed E-state index contributed by atoms with van der Waals surface area (Å²) < 4.78 is 10.7. The summed E-state index contributed by atoms with van der Waals surface area (Å²) in [6.45, 7) is 2.72. The topological polar surface area (TPSA) is 71.1 Å². The first-order valence-electron chi connectivity index (χ1n) is 10.5. The van der Waals surface area contributed by atoms with Crippen LogP contribution in [0.25, 0.3) is 0 Å². The standard InChI is InChI=1S/C23H25N3O4/c27-22-12-16(14-26(22)19-8-9-20-21(13-19)30-15-29-20)23(28)24-17-4-6-18(7-5-17)25-10-2-1-3-11-25/h4-9,13,16H,1-3,10-12,14-15H2,(H,24,28). The van der Waals surface area contributed by atoms with E-state index in [1.807, 2.05) is 18.2 Å². The van der Waals surface area contributed by atoms with Gasteiger partial charge in [0.1, 0.15) is 0 Å². The highest BCUT2D eigenvalue weighted by Gasteiger charge is 2.35. The van der Waals surface area contributed by atoms with Gasteiger partial charge >= 0.3 is 0 Å². The third kappa shape index (κ3) is 3.67. The Morgan fingerprint density at radius 3 is 2.47 bits per heavy atom. The minimum atomic E-state index is -0.385. The minimum absolute atomic E-state index is 0.0607. The number of benzene rings is 2. The van der Waals surface area contributed by atoms with Crippen molar-refractivity contribution in [2.24, 2.45) is 5.92 Å². The molecular formula is C23H25N3O4. The van der Waals surface area contributed by atoms with Crippen LogP contribution in [-0.2, 0) is 9.59 Å². The van der Waals surface area contributed by atoms with Crippen molar-refractivity contribution in [3.63, 3.8) is 0 Å². The lowest BCUT2D eigenvalue weighted by atomic mass is 10.1. The average molecular weight is 407 g/mol. The molecule has 1 atom stereocenters. The molecule has 0 bridgehead atoms. The van der Waals surface area contributed by atoms with Gasteiger partial charge in [-0.2, -0.15) is 0 Å². The molecular weight excluding hydrogens is 382 g/mol. The van der Waals surface area contributed by atoms with E-state index in [2.05, 4.69) is 22.3 Å². The number of carbonyl (C=O) groups is 2. The Morgan fingerprint density at radius 2 is 1.67 bits per heavy atom. The van der Waals surface area contributed by atoms with Crippen molar-refractivity contribution in [1.82, 2.24) is 0 Å². The van der Waals surface area contributed by atoms with E-state index in [4.69, 9.17) is 9.47 Å². The van der Waals surface area contributed by atoms with E-state index in [0.717, 1.165) is 24.5 Å². The zero-order valence-corrected chi connectivity index (χ0v) is 16.8. The van der Waals surface area contributed by atoms with E-state index in [9.17, 15) is 9.59 Å². The highest BCUT2D eigenvalue weighted by Crippen LogP contribution is 2.37. The van der Waals surface area contributed by atoms with Crippen LogP contribution in [0.2, 0.25) is 0 Å². The lowest BCUT2D eigenvalue weighted by molar-refractivity contribution is -0.122. The molecule has 0 spiro atoms. The minimum Gasteiger partial charge on any atom is -0.454 e. The number of fused-ring (bicyclic) bond motifs is 1. The van der Waals surface area contributed by atoms with Gasteiger partial charge < -0.3 is 24.6 Å². The second kappa shape index (κ2) is 7.89. The highest BCUT2D eigenvalue weighted by molar-refractivity contribution is 6.03. The van der Waals surface area contributed by atoms with Gasteiger partial charge in [0, 0.05) is 49.2 Å². The highest BCUT2D eigenvalue weighted by atomic mass is 16.7. The van der Waals surface area contributed by atoms with E-state index < -0.39 is 0 Å². The van der Waals surface area contributed by atoms with Crippen molar-refractivity contribution in [3.05, 3.63) is 42.5 Å². The summed E-state index contributed by atoms with van der Waals surface area (Å²) in [6, 6.07) is 13.4. The maximum atomic E-state index is 12.8. The number of rotatable bonds is 4. The zero-order valence-electron chi connectivity index (χ0n) is 16.8. The molecule has 1 N–H and O–H groups in total. The van der Waals surface area contributed by atoms with Crippen LogP contribution in [0.4, 0.5) is 17.1 Å². The lowest BCUT2D eigenvalue weighted by Crippen LogP contribution is -2.29. The fourth-order valence-electron chi connectivity index (χ4n) is 4.34. The third-order valence-electron chi connectivity index (χ3n) is 6.02. The lowest BCUT2D eigenvalue weighted by Gasteiger charge is -2.28. The van der Waals surface area contributed by atoms with Gasteiger partial charge in [-0.3, -0.25) is 9.59 Å². The first kappa shape index (κ1) is 18.8. The Hall–Kier alpha value is -3.22. The van der Waals surface area contributed by atoms with Gasteiger partial charge in [-0.05, 0) is 55.7 Å². The molecule has 2 fully saturated rings. The van der Waals surface area contributed by atoms with Crippen molar-refractivity contribution < 1.29 is 19.1 Å². The molecule has 2 aromatic carbocycles. The van der Waals surface area contributed by atoms with Gasteiger partial charge in [0.15, 0.2) is 11.5 Å². The van der Waals surface area contributed by atoms with Gasteiger partial charge in [-0.1, -0.05) is 0 Å². The molecule has 0 saturated carbocycles. The molecule has 156 valence electrons. The number of ether oxygens (including phenoxy) is 2. The van der Waals surface area contributed by atoms with E-state index >= 15 is 0 Å². The number of hydrogen-bond acceptors (Lipinski definition) is 5. The van der Waals surface area contributed by atoms with Crippen LogP contribution in [0, 0.1) is 5.92 Å². The largest absolute Gasteiger partial charge is 0.454 e. The quantitative estimate of drug-likeness (QED) is 0.841. The predicted octanol–water partition coefficient (Wildman–Crippen LogP) is 3.40. The summed E-state index contributed by atoms with van der Waals surface area (Å²) in [5, 5.41) is 2.97. The van der Waals surface area contributed by atoms with E-state index in [1.165, 1.54) is 24.9 Å². The number of amides is 2. The summed E-state index contributed by atoms with van der Waals surface area (Å²) in [7, 11) is 0. The predicted molar refractivity (Wildman–Crippen MR) is 114 cm³/mol. The Kier molecular flexibility index (Phi) is 4.94. The molecule has 30 heavy (non-hydrogen) atoms. The van der Waals surface area contributed by atoms with Crippen LogP contribution in [-0.4, -0.2) is 38.2 Å². The van der Waals surface area contributed by atoms with Crippen LogP contribution in [0.1, 0.15) is 25.7 Å². The fourth-order valence-corrected chi connectivity index (χ4v) is 4.34. The summed E-state index contributed by atoms with van der Waals surface area (Å²) in [4.78, 5) is 29.3. The molecule has 3 heterocycles. The second-order valence-electron chi connectivity index (χ2n) is 8.03. The molecule has 0 aliphatic carbocycles. The van der Waals surface area contributed by atoms with Crippen LogP contribution in [0.15, 0.2) is 42.5 Å². The molecule has 2 saturated heterocycles. The maximum Gasteiger partial charge on any atom is 0.231 e. The third-order valence-corrected chi connectivity index (χ3v) is 6.02. The van der Waals surface area contributed by atoms with E-state index in [-0.39, 0.29) is 30.9 Å². The summed E-state index contributed by atoms with van der Waals surface area (Å²) in [5.41, 5.74) is 2.68. The van der Waals surface area contributed by atoms with Crippen molar-refractivity contribution in [1.29, 1.82) is 0 Å². The van der Waals surface area contributed by atoms with Crippen LogP contribution in [0.3, 0.4) is 0 Å². The van der Waals surface area contributed by atoms with Crippen LogP contribution < -0.4 is 24.6 Å². The summed E-state index contributed by atoms with van der Waals surface area (Å²) in [6.07, 6.45) is 3.96. The van der Waals surface area contributed by atoms with Crippen LogP contribution >= 0.6 is 0 Å². The second-order valence-corrected chi connectivity index (χ2v) is 8.03. The number of anilines is 3. The van der Waals surface area contributed by atoms with Crippen molar-refractivity contribution in [3.8, 4) is 11.5 Å². The monoisotopic (exact) mass is 407 g/mol. The van der Waals surface area contributed by atoms with Gasteiger partial charge in [-0.25, -0.2) is 0 Å². The molecule has 5 rings (SSSR count). The molecule has 3 aliphatic rings. The van der Waals surface area contributed by atoms with E-state index in [0.29, 0.717) is 18.0 Å². The van der Waals surface area contributed by atoms with Crippen molar-refractivity contribution in [2.75, 3.05) is 41.5 Å². The maximum absolute atomic E-state index is 12.8. The van der Waals surface area contributed by atoms with Gasteiger partial charge in [0.2, 0.25) is 18.6 Å². The zero-order chi connectivity index (χ0) is 20.5. The molecule has 3 aliphatic heterocycles. The SMILES string of the molecule is O=C(Nc1ccc(N2CCCCC2)cc1)C1CC(=O)N(c2ccc3c(c2)OCO3)C1. The Labute approximate surface area is 175 Å². The van der Waals surface area contributed by atoms with Crippen molar-refractivity contribution >= 4 is 28.9 Å². The first-order valence-corrected chi connectivity index (χ1v) is 10.5. The smallest absolute Gasteiger partial charge is 0.231 e. The summed E-state index contributed by atoms with van der Waals surface area (Å²) in [5.74, 6) is 0.728. The number of nitrogens with zero attached hydrogens (tertiary/aromatic N) is 2. The number of piperidine rings is 1. The summed E-state index contributed by atoms with van der Waals surface area (Å²) >= 11 is 0. The Balaban J connectivity index is 1.22. The van der Waals surface area contributed by atoms with Gasteiger partial charge in [0.25, 0.3) is 0 Å². The van der Waals surface area contributed by atoms with E-state index in [1.54, 1.807) is 17.0 Å². The Bertz CT molecular complexity index is 953. The van der Waals surface area contributed by atoms with Gasteiger partial charge in [0.05, 0.1) is 5.92 Å². The first-order chi connectivity index (χ1) is 14.7. The Morgan fingerprint density at radius 1 is 0.933 bits per heavy atom. The molecule has 2 aromatic rings. The molecule has 7 heteroatoms. The number of nitrogens with one attached hydrogen (secondary N) is 1. The average Bonchev–Trinajstić information content (AvgIpc) is 3.41. The van der Waals surface area contributed by atoms with Gasteiger partial charge in [-0.15, -0.1) is 0 Å². The number of carbonyl (C=O) groups excluding carboxylic acids is 2. The van der Waals surface area contributed by atoms with Crippen LogP contribution in [0.5, 0.6) is 11.5 Å². The fraction of sp³-hybridized carbons (Fsp3) is 0.391. The molecule has 1 unspecified atom stereocenters. The van der Waals surface area contributed by atoms with Crippen molar-refractivity contribution in [2.45, 2.75) is 25.7 Å². The molecule has 0 aromatic heterocycles. The normalized spacial score (nSPS) is 20.5. The molecule has 7 nitrogen and oxygen atoms in total. The number of hydrogen-bond donors (Lipinski definition) is 1. The molecule has 0 radical (unpaired) electrons. The molecule has 2 amide bonds.